The molecule has 0 bridgehead atoms. The predicted molar refractivity (Wildman–Crippen MR) is 109 cm³/mol. The van der Waals surface area contributed by atoms with Crippen LogP contribution in [0.3, 0.4) is 0 Å². The van der Waals surface area contributed by atoms with E-state index in [1.807, 2.05) is 17.0 Å². The molecule has 2 aliphatic rings. The van der Waals surface area contributed by atoms with Crippen molar-refractivity contribution in [2.24, 2.45) is 5.41 Å². The molecule has 7 heteroatoms. The lowest BCUT2D eigenvalue weighted by atomic mass is 9.72. The lowest BCUT2D eigenvalue weighted by molar-refractivity contribution is 0.0524. The number of anilines is 1. The zero-order valence-electron chi connectivity index (χ0n) is 15.7. The molecule has 1 amide bonds. The van der Waals surface area contributed by atoms with Gasteiger partial charge in [-0.3, -0.25) is 0 Å². The van der Waals surface area contributed by atoms with Gasteiger partial charge in [-0.2, -0.15) is 0 Å². The summed E-state index contributed by atoms with van der Waals surface area (Å²) < 4.78 is 6.38. The molecule has 144 valence electrons. The second-order valence-electron chi connectivity index (χ2n) is 7.67. The van der Waals surface area contributed by atoms with E-state index in [0.717, 1.165) is 73.1 Å². The van der Waals surface area contributed by atoms with E-state index in [9.17, 15) is 4.79 Å². The summed E-state index contributed by atoms with van der Waals surface area (Å²) in [6.45, 7) is 6.18. The summed E-state index contributed by atoms with van der Waals surface area (Å²) in [5, 5.41) is 1.08. The molecule has 27 heavy (non-hydrogen) atoms. The second-order valence-corrected chi connectivity index (χ2v) is 8.59. The fraction of sp³-hybridized carbons (Fsp3) is 0.550. The molecule has 0 N–H and O–H groups in total. The van der Waals surface area contributed by atoms with E-state index in [0.29, 0.717) is 12.0 Å². The fourth-order valence-corrected chi connectivity index (χ4v) is 4.42. The van der Waals surface area contributed by atoms with Crippen LogP contribution in [-0.4, -0.2) is 53.7 Å². The number of hydrogen-bond donors (Lipinski definition) is 0. The van der Waals surface area contributed by atoms with Crippen molar-refractivity contribution in [2.75, 3.05) is 37.7 Å². The van der Waals surface area contributed by atoms with Gasteiger partial charge >= 0.3 is 6.09 Å². The molecule has 3 heterocycles. The first-order chi connectivity index (χ1) is 13.1. The number of hydrogen-bond acceptors (Lipinski definition) is 5. The van der Waals surface area contributed by atoms with Crippen LogP contribution in [0, 0.1) is 5.41 Å². The molecule has 0 unspecified atom stereocenters. The van der Waals surface area contributed by atoms with Gasteiger partial charge in [0.05, 0.1) is 12.1 Å². The van der Waals surface area contributed by atoms with Gasteiger partial charge in [-0.1, -0.05) is 29.3 Å². The number of piperidine rings is 1. The minimum atomic E-state index is -0.152. The van der Waals surface area contributed by atoms with Crippen LogP contribution in [0.4, 0.5) is 10.6 Å². The van der Waals surface area contributed by atoms with Crippen molar-refractivity contribution in [3.05, 3.63) is 29.0 Å². The third kappa shape index (κ3) is 3.74. The van der Waals surface area contributed by atoms with Crippen molar-refractivity contribution in [3.8, 4) is 0 Å². The number of rotatable bonds is 4. The van der Waals surface area contributed by atoms with E-state index in [4.69, 9.17) is 4.74 Å². The van der Waals surface area contributed by atoms with Gasteiger partial charge in [0, 0.05) is 41.5 Å². The Morgan fingerprint density at radius 2 is 2.04 bits per heavy atom. The largest absolute Gasteiger partial charge is 0.449 e. The van der Waals surface area contributed by atoms with Crippen LogP contribution in [0.25, 0.3) is 10.9 Å². The van der Waals surface area contributed by atoms with Gasteiger partial charge in [0.25, 0.3) is 0 Å². The van der Waals surface area contributed by atoms with Crippen LogP contribution in [0.2, 0.25) is 0 Å². The minimum Gasteiger partial charge on any atom is -0.449 e. The van der Waals surface area contributed by atoms with Crippen LogP contribution in [0.15, 0.2) is 29.0 Å². The maximum atomic E-state index is 12.1. The Balaban J connectivity index is 1.36. The topological polar surface area (TPSA) is 58.6 Å². The normalized spacial score (nSPS) is 18.6. The summed E-state index contributed by atoms with van der Waals surface area (Å²) in [7, 11) is 0. The maximum absolute atomic E-state index is 12.1. The predicted octanol–water partition coefficient (Wildman–Crippen LogP) is 4.23. The number of carbonyl (C=O) groups is 1. The number of carbonyl (C=O) groups excluding carboxylic acids is 1. The Bertz CT molecular complexity index is 828. The van der Waals surface area contributed by atoms with Gasteiger partial charge in [-0.15, -0.1) is 0 Å². The van der Waals surface area contributed by atoms with Gasteiger partial charge in [0.1, 0.15) is 12.1 Å². The number of halogens is 1. The molecule has 0 atom stereocenters. The Morgan fingerprint density at radius 1 is 1.26 bits per heavy atom. The Morgan fingerprint density at radius 3 is 2.78 bits per heavy atom. The first-order valence-electron chi connectivity index (χ1n) is 9.67. The highest BCUT2D eigenvalue weighted by atomic mass is 79.9. The first kappa shape index (κ1) is 18.5. The number of nitrogens with zero attached hydrogens (tertiary/aromatic N) is 4. The van der Waals surface area contributed by atoms with E-state index in [2.05, 4.69) is 43.8 Å². The zero-order valence-corrected chi connectivity index (χ0v) is 17.2. The molecule has 2 aliphatic heterocycles. The summed E-state index contributed by atoms with van der Waals surface area (Å²) in [4.78, 5) is 25.2. The van der Waals surface area contributed by atoms with Gasteiger partial charge in [-0.05, 0) is 37.5 Å². The quantitative estimate of drug-likeness (QED) is 0.676. The lowest BCUT2D eigenvalue weighted by Gasteiger charge is -2.54. The summed E-state index contributed by atoms with van der Waals surface area (Å²) >= 11 is 3.54. The van der Waals surface area contributed by atoms with Crippen molar-refractivity contribution >= 4 is 38.7 Å². The molecular formula is C20H25BrN4O2. The monoisotopic (exact) mass is 432 g/mol. The van der Waals surface area contributed by atoms with E-state index in [-0.39, 0.29) is 6.09 Å². The number of aromatic nitrogens is 2. The second kappa shape index (κ2) is 7.62. The maximum Gasteiger partial charge on any atom is 0.409 e. The standard InChI is InChI=1S/C20H25BrN4O2/c1-2-3-10-27-19(26)24-8-6-20(7-9-24)12-25(13-20)18-16-11-15(21)4-5-17(16)22-14-23-18/h4-5,11,14H,2-3,6-10,12-13H2,1H3. The van der Waals surface area contributed by atoms with Gasteiger partial charge in [0.15, 0.2) is 0 Å². The van der Waals surface area contributed by atoms with Gasteiger partial charge < -0.3 is 14.5 Å². The molecule has 2 fully saturated rings. The zero-order chi connectivity index (χ0) is 18.9. The summed E-state index contributed by atoms with van der Waals surface area (Å²) in [5.74, 6) is 1.01. The fourth-order valence-electron chi connectivity index (χ4n) is 4.06. The number of amides is 1. The number of likely N-dealkylation sites (tertiary alicyclic amines) is 1. The number of ether oxygens (including phenoxy) is 1. The SMILES string of the molecule is CCCCOC(=O)N1CCC2(CC1)CN(c1ncnc3ccc(Br)cc13)C2. The molecule has 4 rings (SSSR count). The average Bonchev–Trinajstić information content (AvgIpc) is 2.66. The summed E-state index contributed by atoms with van der Waals surface area (Å²) in [6, 6.07) is 6.11. The Hall–Kier alpha value is -1.89. The van der Waals surface area contributed by atoms with Crippen LogP contribution >= 0.6 is 15.9 Å². The average molecular weight is 433 g/mol. The molecule has 2 saturated heterocycles. The van der Waals surface area contributed by atoms with E-state index >= 15 is 0 Å². The third-order valence-corrected chi connectivity index (χ3v) is 6.23. The number of benzene rings is 1. The Labute approximate surface area is 168 Å². The Kier molecular flexibility index (Phi) is 5.21. The molecule has 0 saturated carbocycles. The van der Waals surface area contributed by atoms with E-state index in [1.165, 1.54) is 0 Å². The van der Waals surface area contributed by atoms with Crippen LogP contribution in [0.5, 0.6) is 0 Å². The van der Waals surface area contributed by atoms with Crippen molar-refractivity contribution in [1.29, 1.82) is 0 Å². The third-order valence-electron chi connectivity index (χ3n) is 5.73. The molecule has 6 nitrogen and oxygen atoms in total. The van der Waals surface area contributed by atoms with Crippen molar-refractivity contribution in [1.82, 2.24) is 14.9 Å². The highest BCUT2D eigenvalue weighted by Crippen LogP contribution is 2.43. The van der Waals surface area contributed by atoms with Crippen molar-refractivity contribution in [2.45, 2.75) is 32.6 Å². The molecule has 0 radical (unpaired) electrons. The molecular weight excluding hydrogens is 408 g/mol. The van der Waals surface area contributed by atoms with Crippen LogP contribution in [-0.2, 0) is 4.74 Å². The molecule has 1 aromatic heterocycles. The summed E-state index contributed by atoms with van der Waals surface area (Å²) in [6.07, 6.45) is 5.52. The molecule has 1 aromatic carbocycles. The summed E-state index contributed by atoms with van der Waals surface area (Å²) in [5.41, 5.74) is 1.26. The van der Waals surface area contributed by atoms with Crippen molar-refractivity contribution < 1.29 is 9.53 Å². The minimum absolute atomic E-state index is 0.152. The number of fused-ring (bicyclic) bond motifs is 1. The highest BCUT2D eigenvalue weighted by Gasteiger charge is 2.46. The van der Waals surface area contributed by atoms with Crippen LogP contribution < -0.4 is 4.90 Å². The molecule has 0 aliphatic carbocycles. The lowest BCUT2D eigenvalue weighted by Crippen LogP contribution is -2.61. The van der Waals surface area contributed by atoms with Gasteiger partial charge in [-0.25, -0.2) is 14.8 Å². The molecule has 1 spiro atoms. The molecule has 2 aromatic rings. The number of unbranched alkanes of at least 4 members (excludes halogenated alkanes) is 1. The van der Waals surface area contributed by atoms with E-state index < -0.39 is 0 Å². The first-order valence-corrected chi connectivity index (χ1v) is 10.5. The van der Waals surface area contributed by atoms with E-state index in [1.54, 1.807) is 6.33 Å². The smallest absolute Gasteiger partial charge is 0.409 e. The van der Waals surface area contributed by atoms with Crippen LogP contribution in [0.1, 0.15) is 32.6 Å². The highest BCUT2D eigenvalue weighted by molar-refractivity contribution is 9.10. The van der Waals surface area contributed by atoms with Gasteiger partial charge in [0.2, 0.25) is 0 Å². The van der Waals surface area contributed by atoms with Crippen molar-refractivity contribution in [3.63, 3.8) is 0 Å².